The van der Waals surface area contributed by atoms with Gasteiger partial charge in [-0.15, -0.1) is 0 Å². The summed E-state index contributed by atoms with van der Waals surface area (Å²) < 4.78 is 0. The van der Waals surface area contributed by atoms with Crippen molar-refractivity contribution in [3.63, 3.8) is 0 Å². The Labute approximate surface area is 234 Å². The van der Waals surface area contributed by atoms with Gasteiger partial charge >= 0.3 is 0 Å². The predicted molar refractivity (Wildman–Crippen MR) is 159 cm³/mol. The number of benzene rings is 4. The van der Waals surface area contributed by atoms with Crippen molar-refractivity contribution < 1.29 is 14.4 Å². The molecule has 0 aliphatic carbocycles. The number of nitrogens with one attached hydrogen (secondary N) is 2. The van der Waals surface area contributed by atoms with Crippen LogP contribution in [0.4, 0.5) is 5.69 Å². The predicted octanol–water partition coefficient (Wildman–Crippen LogP) is 7.13. The van der Waals surface area contributed by atoms with Gasteiger partial charge < -0.3 is 10.6 Å². The van der Waals surface area contributed by atoms with Gasteiger partial charge in [0.1, 0.15) is 11.5 Å². The summed E-state index contributed by atoms with van der Waals surface area (Å²) in [5.41, 5.74) is 3.78. The molecule has 6 heteroatoms. The van der Waals surface area contributed by atoms with Gasteiger partial charge in [-0.25, -0.2) is 0 Å². The second kappa shape index (κ2) is 14.5. The summed E-state index contributed by atoms with van der Waals surface area (Å²) in [6.45, 7) is 0. The van der Waals surface area contributed by atoms with Crippen LogP contribution in [0.2, 0.25) is 5.02 Å². The van der Waals surface area contributed by atoms with Crippen molar-refractivity contribution in [2.45, 2.75) is 26.7 Å². The van der Waals surface area contributed by atoms with Crippen LogP contribution in [-0.4, -0.2) is 17.6 Å². The minimum absolute atomic E-state index is 0. The van der Waals surface area contributed by atoms with Crippen molar-refractivity contribution in [3.05, 3.63) is 142 Å². The highest BCUT2D eigenvalue weighted by Crippen LogP contribution is 2.16. The van der Waals surface area contributed by atoms with Gasteiger partial charge in [-0.1, -0.05) is 91.8 Å². The maximum absolute atomic E-state index is 13.2. The summed E-state index contributed by atoms with van der Waals surface area (Å²) in [6, 6.07) is 32.7. The van der Waals surface area contributed by atoms with Crippen molar-refractivity contribution >= 4 is 41.0 Å². The topological polar surface area (TPSA) is 75.3 Å². The molecular weight excluding hydrogens is 508 g/mol. The van der Waals surface area contributed by atoms with E-state index >= 15 is 0 Å². The fraction of sp³-hybridized carbons (Fsp3) is 0.121. The van der Waals surface area contributed by atoms with E-state index in [4.69, 9.17) is 11.6 Å². The normalized spacial score (nSPS) is 10.7. The average molecular weight is 539 g/mol. The molecule has 0 fully saturated rings. The number of aryl methyl sites for hydroxylation is 1. The summed E-state index contributed by atoms with van der Waals surface area (Å²) in [6.07, 6.45) is 3.11. The van der Waals surface area contributed by atoms with Crippen LogP contribution in [0.3, 0.4) is 0 Å². The lowest BCUT2D eigenvalue weighted by Crippen LogP contribution is -2.30. The number of carbonyl (C=O) groups is 3. The number of hydrogen-bond donors (Lipinski definition) is 2. The third-order valence-electron chi connectivity index (χ3n) is 5.86. The van der Waals surface area contributed by atoms with Crippen LogP contribution in [0.25, 0.3) is 6.08 Å². The zero-order valence-corrected chi connectivity index (χ0v) is 21.4. The molecule has 0 bridgehead atoms. The molecule has 5 nitrogen and oxygen atoms in total. The van der Waals surface area contributed by atoms with Crippen molar-refractivity contribution in [1.29, 1.82) is 0 Å². The Kier molecular flexibility index (Phi) is 10.8. The number of amides is 2. The zero-order chi connectivity index (χ0) is 26.7. The first-order valence-corrected chi connectivity index (χ1v) is 12.6. The van der Waals surface area contributed by atoms with Gasteiger partial charge in [-0.05, 0) is 65.6 Å². The highest BCUT2D eigenvalue weighted by molar-refractivity contribution is 6.30. The largest absolute Gasteiger partial charge is 0.321 e. The molecule has 4 rings (SSSR count). The Morgan fingerprint density at radius 1 is 0.718 bits per heavy atom. The number of hydrogen-bond acceptors (Lipinski definition) is 3. The summed E-state index contributed by atoms with van der Waals surface area (Å²) in [7, 11) is 0. The SMILES string of the molecule is C.O=C(CCc1ccccc1)Cc1ccc(NC(=O)/C(=C/c2ccc(Cl)cc2)NC(=O)c2ccccc2)cc1. The average Bonchev–Trinajstić information content (AvgIpc) is 2.94. The fourth-order valence-electron chi connectivity index (χ4n) is 3.82. The van der Waals surface area contributed by atoms with E-state index in [0.717, 1.165) is 11.1 Å². The minimum atomic E-state index is -0.476. The Bertz CT molecular complexity index is 1420. The van der Waals surface area contributed by atoms with E-state index in [-0.39, 0.29) is 18.9 Å². The van der Waals surface area contributed by atoms with E-state index in [1.54, 1.807) is 66.7 Å². The Hall–Kier alpha value is -4.48. The number of anilines is 1. The Balaban J connectivity index is 0.00000420. The van der Waals surface area contributed by atoms with Gasteiger partial charge in [0.25, 0.3) is 11.8 Å². The molecule has 198 valence electrons. The monoisotopic (exact) mass is 538 g/mol. The van der Waals surface area contributed by atoms with E-state index in [0.29, 0.717) is 41.1 Å². The molecule has 0 aliphatic heterocycles. The third-order valence-corrected chi connectivity index (χ3v) is 6.11. The molecular formula is C33H31ClN2O3. The highest BCUT2D eigenvalue weighted by Gasteiger charge is 2.15. The lowest BCUT2D eigenvalue weighted by Gasteiger charge is -2.12. The summed E-state index contributed by atoms with van der Waals surface area (Å²) in [4.78, 5) is 38.3. The number of carbonyl (C=O) groups excluding carboxylic acids is 3. The molecule has 0 radical (unpaired) electrons. The van der Waals surface area contributed by atoms with Gasteiger partial charge in [0.2, 0.25) is 0 Å². The molecule has 39 heavy (non-hydrogen) atoms. The minimum Gasteiger partial charge on any atom is -0.321 e. The van der Waals surface area contributed by atoms with Crippen LogP contribution in [0.1, 0.15) is 40.9 Å². The molecule has 4 aromatic carbocycles. The van der Waals surface area contributed by atoms with Crippen molar-refractivity contribution in [2.75, 3.05) is 5.32 Å². The van der Waals surface area contributed by atoms with E-state index in [9.17, 15) is 14.4 Å². The van der Waals surface area contributed by atoms with Crippen LogP contribution < -0.4 is 10.6 Å². The second-order valence-corrected chi connectivity index (χ2v) is 9.22. The Morgan fingerprint density at radius 2 is 1.33 bits per heavy atom. The fourth-order valence-corrected chi connectivity index (χ4v) is 3.94. The zero-order valence-electron chi connectivity index (χ0n) is 20.7. The van der Waals surface area contributed by atoms with Crippen LogP contribution in [-0.2, 0) is 22.4 Å². The van der Waals surface area contributed by atoms with E-state index in [1.807, 2.05) is 48.5 Å². The maximum atomic E-state index is 13.2. The van der Waals surface area contributed by atoms with Crippen LogP contribution in [0.5, 0.6) is 0 Å². The maximum Gasteiger partial charge on any atom is 0.272 e. The van der Waals surface area contributed by atoms with Gasteiger partial charge in [0, 0.05) is 29.1 Å². The first-order chi connectivity index (χ1) is 18.5. The van der Waals surface area contributed by atoms with E-state index in [2.05, 4.69) is 10.6 Å². The van der Waals surface area contributed by atoms with E-state index < -0.39 is 11.8 Å². The van der Waals surface area contributed by atoms with Crippen molar-refractivity contribution in [1.82, 2.24) is 5.32 Å². The third kappa shape index (κ3) is 9.09. The van der Waals surface area contributed by atoms with Crippen LogP contribution >= 0.6 is 11.6 Å². The van der Waals surface area contributed by atoms with Crippen LogP contribution in [0, 0.1) is 0 Å². The van der Waals surface area contributed by atoms with Gasteiger partial charge in [0.15, 0.2) is 0 Å². The molecule has 0 unspecified atom stereocenters. The number of halogens is 1. The molecule has 0 heterocycles. The number of Topliss-reactive ketones (excluding diaryl/α,β-unsaturated/α-hetero) is 1. The number of rotatable bonds is 10. The molecule has 0 saturated carbocycles. The van der Waals surface area contributed by atoms with E-state index in [1.165, 1.54) is 0 Å². The summed E-state index contributed by atoms with van der Waals surface area (Å²) >= 11 is 5.98. The molecule has 0 saturated heterocycles. The smallest absolute Gasteiger partial charge is 0.272 e. The first-order valence-electron chi connectivity index (χ1n) is 12.3. The summed E-state index contributed by atoms with van der Waals surface area (Å²) in [5.74, 6) is -0.719. The molecule has 2 amide bonds. The molecule has 2 N–H and O–H groups in total. The molecule has 0 spiro atoms. The standard InChI is InChI=1S/C32H27ClN2O3.CH4/c33-27-16-11-25(12-17-27)22-30(35-31(37)26-9-5-2-6-10-26)32(38)34-28-18-13-24(14-19-28)21-29(36)20-15-23-7-3-1-4-8-23;/h1-14,16-19,22H,15,20-21H2,(H,34,38)(H,35,37);1H4/b30-22-;. The van der Waals surface area contributed by atoms with Gasteiger partial charge in [-0.3, -0.25) is 14.4 Å². The first kappa shape index (κ1) is 29.1. The lowest BCUT2D eigenvalue weighted by molar-refractivity contribution is -0.118. The molecule has 0 atom stereocenters. The van der Waals surface area contributed by atoms with Crippen molar-refractivity contribution in [2.24, 2.45) is 0 Å². The molecule has 0 aromatic heterocycles. The second-order valence-electron chi connectivity index (χ2n) is 8.78. The lowest BCUT2D eigenvalue weighted by atomic mass is 10.0. The Morgan fingerprint density at radius 3 is 1.97 bits per heavy atom. The highest BCUT2D eigenvalue weighted by atomic mass is 35.5. The van der Waals surface area contributed by atoms with Gasteiger partial charge in [0.05, 0.1) is 0 Å². The van der Waals surface area contributed by atoms with Crippen molar-refractivity contribution in [3.8, 4) is 0 Å². The molecule has 4 aromatic rings. The summed E-state index contributed by atoms with van der Waals surface area (Å²) in [5, 5.41) is 6.11. The quantitative estimate of drug-likeness (QED) is 0.211. The number of ketones is 1. The molecule has 0 aliphatic rings. The van der Waals surface area contributed by atoms with Gasteiger partial charge in [-0.2, -0.15) is 0 Å². The van der Waals surface area contributed by atoms with Crippen LogP contribution in [0.15, 0.2) is 115 Å².